The third-order valence-corrected chi connectivity index (χ3v) is 4.26. The van der Waals surface area contributed by atoms with Crippen LogP contribution in [0.5, 0.6) is 0 Å². The molecule has 0 aromatic heterocycles. The Labute approximate surface area is 115 Å². The molecule has 1 aromatic rings. The average molecular weight is 286 g/mol. The molecule has 5 heteroatoms. The summed E-state index contributed by atoms with van der Waals surface area (Å²) in [4.78, 5) is 0.181. The van der Waals surface area contributed by atoms with E-state index in [2.05, 4.69) is 0 Å². The van der Waals surface area contributed by atoms with E-state index in [0.29, 0.717) is 12.8 Å². The van der Waals surface area contributed by atoms with Crippen molar-refractivity contribution in [3.05, 3.63) is 29.8 Å². The van der Waals surface area contributed by atoms with Crippen molar-refractivity contribution in [2.75, 3.05) is 0 Å². The van der Waals surface area contributed by atoms with Gasteiger partial charge in [0.05, 0.1) is 17.1 Å². The maximum Gasteiger partial charge on any atom is 0.297 e. The lowest BCUT2D eigenvalue weighted by Crippen LogP contribution is -2.16. The minimum absolute atomic E-state index is 0.181. The van der Waals surface area contributed by atoms with E-state index < -0.39 is 10.1 Å². The molecule has 2 atom stereocenters. The standard InChI is InChI=1S/C14H22O4S/c1-11-7-9-14(10-8-11)19(16,17)18-13(3)6-4-5-12(2)15/h7-10,12-13,15H,4-6H2,1-3H3. The van der Waals surface area contributed by atoms with E-state index in [-0.39, 0.29) is 17.1 Å². The van der Waals surface area contributed by atoms with Crippen LogP contribution < -0.4 is 0 Å². The maximum atomic E-state index is 12.0. The molecule has 19 heavy (non-hydrogen) atoms. The highest BCUT2D eigenvalue weighted by Crippen LogP contribution is 2.17. The topological polar surface area (TPSA) is 63.6 Å². The molecule has 0 spiro atoms. The Bertz CT molecular complexity index is 477. The highest BCUT2D eigenvalue weighted by molar-refractivity contribution is 7.86. The van der Waals surface area contributed by atoms with Gasteiger partial charge >= 0.3 is 0 Å². The zero-order chi connectivity index (χ0) is 14.5. The molecule has 4 nitrogen and oxygen atoms in total. The fourth-order valence-electron chi connectivity index (χ4n) is 1.73. The first-order valence-electron chi connectivity index (χ1n) is 6.49. The van der Waals surface area contributed by atoms with Crippen molar-refractivity contribution < 1.29 is 17.7 Å². The Hall–Kier alpha value is -0.910. The Morgan fingerprint density at radius 1 is 1.16 bits per heavy atom. The SMILES string of the molecule is Cc1ccc(S(=O)(=O)OC(C)CCCC(C)O)cc1. The number of aliphatic hydroxyl groups is 1. The first-order valence-corrected chi connectivity index (χ1v) is 7.90. The number of hydrogen-bond acceptors (Lipinski definition) is 4. The summed E-state index contributed by atoms with van der Waals surface area (Å²) >= 11 is 0. The van der Waals surface area contributed by atoms with E-state index in [0.717, 1.165) is 12.0 Å². The van der Waals surface area contributed by atoms with Crippen molar-refractivity contribution in [2.24, 2.45) is 0 Å². The minimum atomic E-state index is -3.69. The van der Waals surface area contributed by atoms with Gasteiger partial charge < -0.3 is 5.11 Å². The Kier molecular flexibility index (Phi) is 5.97. The van der Waals surface area contributed by atoms with Crippen LogP contribution in [0.15, 0.2) is 29.2 Å². The van der Waals surface area contributed by atoms with E-state index in [1.54, 1.807) is 38.1 Å². The molecule has 1 N–H and O–H groups in total. The van der Waals surface area contributed by atoms with Gasteiger partial charge in [-0.2, -0.15) is 8.42 Å². The van der Waals surface area contributed by atoms with Gasteiger partial charge in [-0.15, -0.1) is 0 Å². The minimum Gasteiger partial charge on any atom is -0.393 e. The molecule has 0 amide bonds. The van der Waals surface area contributed by atoms with Crippen LogP contribution in [0.25, 0.3) is 0 Å². The zero-order valence-electron chi connectivity index (χ0n) is 11.7. The van der Waals surface area contributed by atoms with Gasteiger partial charge in [0.25, 0.3) is 10.1 Å². The van der Waals surface area contributed by atoms with Crippen LogP contribution in [-0.2, 0) is 14.3 Å². The van der Waals surface area contributed by atoms with E-state index in [9.17, 15) is 8.42 Å². The summed E-state index contributed by atoms with van der Waals surface area (Å²) in [5.41, 5.74) is 1.00. The lowest BCUT2D eigenvalue weighted by molar-refractivity contribution is 0.166. The lowest BCUT2D eigenvalue weighted by atomic mass is 10.1. The average Bonchev–Trinajstić information content (AvgIpc) is 2.28. The number of aryl methyl sites for hydroxylation is 1. The second-order valence-electron chi connectivity index (χ2n) is 4.95. The van der Waals surface area contributed by atoms with Gasteiger partial charge in [0.2, 0.25) is 0 Å². The molecule has 0 aliphatic rings. The molecule has 0 saturated carbocycles. The van der Waals surface area contributed by atoms with Gasteiger partial charge in [0.1, 0.15) is 0 Å². The van der Waals surface area contributed by atoms with Gasteiger partial charge in [-0.25, -0.2) is 0 Å². The molecule has 0 radical (unpaired) electrons. The Balaban J connectivity index is 2.57. The van der Waals surface area contributed by atoms with E-state index in [1.807, 2.05) is 6.92 Å². The van der Waals surface area contributed by atoms with Crippen LogP contribution in [0, 0.1) is 6.92 Å². The van der Waals surface area contributed by atoms with Crippen LogP contribution in [0.4, 0.5) is 0 Å². The van der Waals surface area contributed by atoms with Crippen molar-refractivity contribution >= 4 is 10.1 Å². The summed E-state index contributed by atoms with van der Waals surface area (Å²) < 4.78 is 29.1. The van der Waals surface area contributed by atoms with Crippen LogP contribution in [0.2, 0.25) is 0 Å². The predicted octanol–water partition coefficient (Wildman–Crippen LogP) is 2.64. The lowest BCUT2D eigenvalue weighted by Gasteiger charge is -2.13. The van der Waals surface area contributed by atoms with Gasteiger partial charge in [0, 0.05) is 0 Å². The first-order chi connectivity index (χ1) is 8.81. The Morgan fingerprint density at radius 2 is 1.74 bits per heavy atom. The van der Waals surface area contributed by atoms with Crippen LogP contribution >= 0.6 is 0 Å². The molecule has 0 aliphatic carbocycles. The van der Waals surface area contributed by atoms with Crippen LogP contribution in [-0.4, -0.2) is 25.7 Å². The molecule has 0 bridgehead atoms. The molecule has 2 unspecified atom stereocenters. The maximum absolute atomic E-state index is 12.0. The van der Waals surface area contributed by atoms with Gasteiger partial charge in [-0.3, -0.25) is 4.18 Å². The van der Waals surface area contributed by atoms with Crippen molar-refractivity contribution in [1.82, 2.24) is 0 Å². The second-order valence-corrected chi connectivity index (χ2v) is 6.53. The van der Waals surface area contributed by atoms with Gasteiger partial charge in [-0.1, -0.05) is 17.7 Å². The van der Waals surface area contributed by atoms with Crippen LogP contribution in [0.1, 0.15) is 38.7 Å². The predicted molar refractivity (Wildman–Crippen MR) is 74.4 cm³/mol. The molecule has 1 rings (SSSR count). The summed E-state index contributed by atoms with van der Waals surface area (Å²) in [7, 11) is -3.69. The molecule has 1 aromatic carbocycles. The number of rotatable bonds is 7. The smallest absolute Gasteiger partial charge is 0.297 e. The zero-order valence-corrected chi connectivity index (χ0v) is 12.5. The monoisotopic (exact) mass is 286 g/mol. The second kappa shape index (κ2) is 7.03. The van der Waals surface area contributed by atoms with E-state index >= 15 is 0 Å². The van der Waals surface area contributed by atoms with Crippen molar-refractivity contribution in [2.45, 2.75) is 57.1 Å². The van der Waals surface area contributed by atoms with E-state index in [1.165, 1.54) is 0 Å². The molecular formula is C14H22O4S. The number of aliphatic hydroxyl groups excluding tert-OH is 1. The van der Waals surface area contributed by atoms with Gasteiger partial charge in [0.15, 0.2) is 0 Å². The summed E-state index contributed by atoms with van der Waals surface area (Å²) in [5.74, 6) is 0. The number of hydrogen-bond donors (Lipinski definition) is 1. The molecule has 0 aliphatic heterocycles. The molecular weight excluding hydrogens is 264 g/mol. The van der Waals surface area contributed by atoms with Crippen molar-refractivity contribution in [1.29, 1.82) is 0 Å². The van der Waals surface area contributed by atoms with Gasteiger partial charge in [-0.05, 0) is 52.2 Å². The highest BCUT2D eigenvalue weighted by Gasteiger charge is 2.18. The van der Waals surface area contributed by atoms with Crippen LogP contribution in [0.3, 0.4) is 0 Å². The highest BCUT2D eigenvalue weighted by atomic mass is 32.2. The fraction of sp³-hybridized carbons (Fsp3) is 0.571. The van der Waals surface area contributed by atoms with E-state index in [4.69, 9.17) is 9.29 Å². The molecule has 108 valence electrons. The summed E-state index contributed by atoms with van der Waals surface area (Å²) in [6, 6.07) is 6.59. The first kappa shape index (κ1) is 16.1. The number of benzene rings is 1. The molecule has 0 heterocycles. The molecule has 0 fully saturated rings. The largest absolute Gasteiger partial charge is 0.393 e. The third kappa shape index (κ3) is 5.72. The third-order valence-electron chi connectivity index (χ3n) is 2.83. The van der Waals surface area contributed by atoms with Crippen molar-refractivity contribution in [3.63, 3.8) is 0 Å². The normalized spacial score (nSPS) is 15.2. The summed E-state index contributed by atoms with van der Waals surface area (Å²) in [6.45, 7) is 5.35. The van der Waals surface area contributed by atoms with Crippen molar-refractivity contribution in [3.8, 4) is 0 Å². The fourth-order valence-corrected chi connectivity index (χ4v) is 2.83. The summed E-state index contributed by atoms with van der Waals surface area (Å²) in [5, 5.41) is 9.14. The summed E-state index contributed by atoms with van der Waals surface area (Å²) in [6.07, 6.45) is 1.25. The quantitative estimate of drug-likeness (QED) is 0.783. The molecule has 0 saturated heterocycles. The Morgan fingerprint density at radius 3 is 2.26 bits per heavy atom.